The van der Waals surface area contributed by atoms with E-state index in [1.807, 2.05) is 20.8 Å². The number of hydrogen-bond acceptors (Lipinski definition) is 5. The second kappa shape index (κ2) is 12.7. The molecule has 0 spiro atoms. The quantitative estimate of drug-likeness (QED) is 0.663. The van der Waals surface area contributed by atoms with Gasteiger partial charge in [0.2, 0.25) is 5.91 Å². The van der Waals surface area contributed by atoms with E-state index in [1.165, 1.54) is 27.2 Å². The minimum Gasteiger partial charge on any atom is -0.353 e. The third-order valence-electron chi connectivity index (χ3n) is 3.11. The number of carbonyl (C=O) groups is 1. The van der Waals surface area contributed by atoms with Gasteiger partial charge in [0.1, 0.15) is 0 Å². The molecule has 0 bridgehead atoms. The van der Waals surface area contributed by atoms with Gasteiger partial charge in [-0.2, -0.15) is 13.2 Å². The molecule has 1 aromatic carbocycles. The van der Waals surface area contributed by atoms with Crippen molar-refractivity contribution in [2.45, 2.75) is 46.5 Å². The molecule has 1 aromatic rings. The zero-order valence-electron chi connectivity index (χ0n) is 16.5. The minimum atomic E-state index is -4.52. The van der Waals surface area contributed by atoms with Crippen molar-refractivity contribution in [3.05, 3.63) is 29.3 Å². The average Bonchev–Trinajstić information content (AvgIpc) is 2.55. The molecule has 0 aliphatic rings. The molecule has 27 heavy (non-hydrogen) atoms. The fourth-order valence-electron chi connectivity index (χ4n) is 2.11. The highest BCUT2D eigenvalue weighted by molar-refractivity contribution is 5.88. The molecule has 6 nitrogen and oxygen atoms in total. The summed E-state index contributed by atoms with van der Waals surface area (Å²) >= 11 is 0. The van der Waals surface area contributed by atoms with E-state index in [1.54, 1.807) is 0 Å². The lowest BCUT2D eigenvalue weighted by molar-refractivity contribution is -0.138. The molecule has 0 aromatic heterocycles. The van der Waals surface area contributed by atoms with Crippen LogP contribution in [-0.2, 0) is 29.9 Å². The Hall–Kier alpha value is -1.68. The zero-order chi connectivity index (χ0) is 21.0. The molecule has 156 valence electrons. The van der Waals surface area contributed by atoms with Gasteiger partial charge in [-0.25, -0.2) is 0 Å². The van der Waals surface area contributed by atoms with Crippen LogP contribution in [0.1, 0.15) is 45.1 Å². The first-order chi connectivity index (χ1) is 12.6. The lowest BCUT2D eigenvalue weighted by atomic mass is 10.1. The van der Waals surface area contributed by atoms with Gasteiger partial charge in [-0.15, -0.1) is 0 Å². The van der Waals surface area contributed by atoms with E-state index in [4.69, 9.17) is 18.9 Å². The fourth-order valence-corrected chi connectivity index (χ4v) is 2.11. The van der Waals surface area contributed by atoms with Crippen LogP contribution in [0.15, 0.2) is 18.2 Å². The van der Waals surface area contributed by atoms with Crippen LogP contribution < -0.4 is 5.32 Å². The molecule has 0 aliphatic carbocycles. The average molecular weight is 395 g/mol. The fraction of sp³-hybridized carbons (Fsp3) is 0.611. The lowest BCUT2D eigenvalue weighted by Gasteiger charge is -2.17. The molecule has 1 rings (SSSR count). The van der Waals surface area contributed by atoms with Gasteiger partial charge in [0.25, 0.3) is 0 Å². The largest absolute Gasteiger partial charge is 0.416 e. The molecular formula is C18H28F3NO5. The second-order valence-electron chi connectivity index (χ2n) is 5.30. The summed E-state index contributed by atoms with van der Waals surface area (Å²) in [4.78, 5) is 10.9. The van der Waals surface area contributed by atoms with Crippen LogP contribution in [0.5, 0.6) is 0 Å². The first-order valence-electron chi connectivity index (χ1n) is 8.37. The number of benzene rings is 1. The zero-order valence-corrected chi connectivity index (χ0v) is 16.5. The molecule has 0 unspecified atom stereocenters. The number of amides is 1. The summed E-state index contributed by atoms with van der Waals surface area (Å²) in [5.74, 6) is -0.461. The number of anilines is 1. The van der Waals surface area contributed by atoms with Gasteiger partial charge in [0.15, 0.2) is 12.6 Å². The summed E-state index contributed by atoms with van der Waals surface area (Å²) in [6, 6.07) is 3.14. The molecule has 0 radical (unpaired) electrons. The summed E-state index contributed by atoms with van der Waals surface area (Å²) in [6.07, 6.45) is -5.49. The summed E-state index contributed by atoms with van der Waals surface area (Å²) in [5.41, 5.74) is -0.673. The molecular weight excluding hydrogens is 367 g/mol. The van der Waals surface area contributed by atoms with Crippen LogP contribution >= 0.6 is 0 Å². The maximum Gasteiger partial charge on any atom is 0.416 e. The smallest absolute Gasteiger partial charge is 0.353 e. The second-order valence-corrected chi connectivity index (χ2v) is 5.30. The number of nitrogens with one attached hydrogen (secondary N) is 1. The van der Waals surface area contributed by atoms with Crippen molar-refractivity contribution in [3.8, 4) is 0 Å². The molecule has 0 heterocycles. The highest BCUT2D eigenvalue weighted by Gasteiger charge is 2.32. The van der Waals surface area contributed by atoms with Crippen molar-refractivity contribution in [1.82, 2.24) is 0 Å². The van der Waals surface area contributed by atoms with Gasteiger partial charge in [0, 0.05) is 45.6 Å². The third-order valence-corrected chi connectivity index (χ3v) is 3.11. The predicted octanol–water partition coefficient (Wildman–Crippen LogP) is 4.36. The van der Waals surface area contributed by atoms with Crippen molar-refractivity contribution in [1.29, 1.82) is 0 Å². The number of methoxy groups -OCH3 is 2. The Morgan fingerprint density at radius 2 is 1.59 bits per heavy atom. The Morgan fingerprint density at radius 3 is 1.96 bits per heavy atom. The van der Waals surface area contributed by atoms with Gasteiger partial charge in [0.05, 0.1) is 5.56 Å². The van der Waals surface area contributed by atoms with E-state index < -0.39 is 23.9 Å². The summed E-state index contributed by atoms with van der Waals surface area (Å²) in [7, 11) is 2.62. The molecule has 0 atom stereocenters. The molecule has 1 N–H and O–H groups in total. The summed E-state index contributed by atoms with van der Waals surface area (Å²) < 4.78 is 58.2. The Morgan fingerprint density at radius 1 is 1.07 bits per heavy atom. The maximum atomic E-state index is 12.8. The lowest BCUT2D eigenvalue weighted by Crippen LogP contribution is -2.12. The van der Waals surface area contributed by atoms with Crippen LogP contribution in [0, 0.1) is 0 Å². The van der Waals surface area contributed by atoms with Crippen LogP contribution in [-0.4, -0.2) is 39.6 Å². The molecule has 9 heteroatoms. The maximum absolute atomic E-state index is 12.8. The molecule has 0 aliphatic heterocycles. The molecule has 1 amide bonds. The number of hydrogen-bond donors (Lipinski definition) is 1. The van der Waals surface area contributed by atoms with E-state index >= 15 is 0 Å². The number of halogens is 3. The van der Waals surface area contributed by atoms with Crippen LogP contribution in [0.3, 0.4) is 0 Å². The topological polar surface area (TPSA) is 66.0 Å². The number of carbonyl (C=O) groups excluding carboxylic acids is 1. The SMILES string of the molecule is CCOC(C)OCC.COC(OC)c1cc(NC(C)=O)cc(C(F)(F)F)c1. The van der Waals surface area contributed by atoms with Crippen LogP contribution in [0.25, 0.3) is 0 Å². The van der Waals surface area contributed by atoms with Crippen molar-refractivity contribution < 1.29 is 36.9 Å². The van der Waals surface area contributed by atoms with Crippen LogP contribution in [0.4, 0.5) is 18.9 Å². The first-order valence-corrected chi connectivity index (χ1v) is 8.37. The Kier molecular flexibility index (Phi) is 11.9. The third kappa shape index (κ3) is 10.3. The van der Waals surface area contributed by atoms with Crippen LogP contribution in [0.2, 0.25) is 0 Å². The van der Waals surface area contributed by atoms with Crippen molar-refractivity contribution >= 4 is 11.6 Å². The first kappa shape index (κ1) is 25.3. The Balaban J connectivity index is 0.000000713. The monoisotopic (exact) mass is 395 g/mol. The molecule has 0 saturated heterocycles. The normalized spacial score (nSPS) is 11.4. The van der Waals surface area contributed by atoms with E-state index in [-0.39, 0.29) is 17.5 Å². The number of alkyl halides is 3. The van der Waals surface area contributed by atoms with E-state index in [2.05, 4.69) is 5.32 Å². The highest BCUT2D eigenvalue weighted by Crippen LogP contribution is 2.34. The summed E-state index contributed by atoms with van der Waals surface area (Å²) in [5, 5.41) is 2.31. The molecule has 0 saturated carbocycles. The van der Waals surface area contributed by atoms with Gasteiger partial charge in [-0.3, -0.25) is 4.79 Å². The van der Waals surface area contributed by atoms with Crippen molar-refractivity contribution in [3.63, 3.8) is 0 Å². The van der Waals surface area contributed by atoms with Crippen molar-refractivity contribution in [2.75, 3.05) is 32.8 Å². The van der Waals surface area contributed by atoms with E-state index in [0.717, 1.165) is 25.3 Å². The van der Waals surface area contributed by atoms with Gasteiger partial charge in [-0.05, 0) is 39.0 Å². The predicted molar refractivity (Wildman–Crippen MR) is 95.2 cm³/mol. The van der Waals surface area contributed by atoms with Crippen molar-refractivity contribution in [2.24, 2.45) is 0 Å². The highest BCUT2D eigenvalue weighted by atomic mass is 19.4. The molecule has 0 fully saturated rings. The minimum absolute atomic E-state index is 0.0370. The van der Waals surface area contributed by atoms with E-state index in [9.17, 15) is 18.0 Å². The number of rotatable bonds is 8. The van der Waals surface area contributed by atoms with Gasteiger partial charge >= 0.3 is 6.18 Å². The Labute approximate surface area is 157 Å². The van der Waals surface area contributed by atoms with E-state index in [0.29, 0.717) is 0 Å². The Bertz CT molecular complexity index is 556. The summed E-state index contributed by atoms with van der Waals surface area (Å²) in [6.45, 7) is 8.46. The number of ether oxygens (including phenoxy) is 4. The standard InChI is InChI=1S/C12H14F3NO3.C6H14O2/c1-7(17)16-10-5-8(11(18-2)19-3)4-9(6-10)12(13,14)15;1-4-7-6(3)8-5-2/h4-6,11H,1-3H3,(H,16,17);6H,4-5H2,1-3H3. The van der Waals surface area contributed by atoms with Gasteiger partial charge < -0.3 is 24.3 Å². The van der Waals surface area contributed by atoms with Gasteiger partial charge in [-0.1, -0.05) is 0 Å².